The third-order valence-electron chi connectivity index (χ3n) is 5.99. The highest BCUT2D eigenvalue weighted by molar-refractivity contribution is 6.02. The van der Waals surface area contributed by atoms with Gasteiger partial charge in [0.25, 0.3) is 0 Å². The fraction of sp³-hybridized carbons (Fsp3) is 0.360. The van der Waals surface area contributed by atoms with E-state index in [1.54, 1.807) is 18.2 Å². The number of piperidine rings is 1. The van der Waals surface area contributed by atoms with Crippen LogP contribution in [0.4, 0.5) is 10.1 Å². The lowest BCUT2D eigenvalue weighted by molar-refractivity contribution is -0.121. The summed E-state index contributed by atoms with van der Waals surface area (Å²) in [7, 11) is 4.20. The highest BCUT2D eigenvalue weighted by atomic mass is 19.1. The van der Waals surface area contributed by atoms with Crippen molar-refractivity contribution in [3.05, 3.63) is 53.7 Å². The lowest BCUT2D eigenvalue weighted by Gasteiger charge is -2.31. The molecule has 1 atom stereocenters. The molecule has 0 saturated carbocycles. The molecule has 10 nitrogen and oxygen atoms in total. The average Bonchev–Trinajstić information content (AvgIpc) is 3.36. The van der Waals surface area contributed by atoms with Crippen LogP contribution >= 0.6 is 0 Å². The normalized spacial score (nSPS) is 15.8. The Morgan fingerprint density at radius 3 is 2.56 bits per heavy atom. The zero-order chi connectivity index (χ0) is 25.7. The Hall–Kier alpha value is -3.99. The Labute approximate surface area is 207 Å². The van der Waals surface area contributed by atoms with Gasteiger partial charge >= 0.3 is 5.97 Å². The average molecular weight is 499 g/mol. The maximum absolute atomic E-state index is 13.2. The van der Waals surface area contributed by atoms with Crippen molar-refractivity contribution in [3.63, 3.8) is 0 Å². The van der Waals surface area contributed by atoms with Gasteiger partial charge in [-0.05, 0) is 43.7 Å². The highest BCUT2D eigenvalue weighted by Gasteiger charge is 2.28. The molecule has 0 bridgehead atoms. The third-order valence-corrected chi connectivity index (χ3v) is 5.99. The number of carbonyl (C=O) groups excluding carboxylic acids is 2. The van der Waals surface area contributed by atoms with Gasteiger partial charge in [0, 0.05) is 24.2 Å². The van der Waals surface area contributed by atoms with Gasteiger partial charge < -0.3 is 24.1 Å². The SMILES string of the molecule is COC(=O)c1cc(OC)c(OC)cc1NC(=O)C1CCCN(Cc2nc(-c3ccc(F)cc3)no2)C1. The predicted molar refractivity (Wildman–Crippen MR) is 127 cm³/mol. The molecular weight excluding hydrogens is 471 g/mol. The Kier molecular flexibility index (Phi) is 7.79. The summed E-state index contributed by atoms with van der Waals surface area (Å²) in [6.45, 7) is 1.62. The van der Waals surface area contributed by atoms with Crippen molar-refractivity contribution in [3.8, 4) is 22.9 Å². The number of hydrogen-bond donors (Lipinski definition) is 1. The number of aromatic nitrogens is 2. The van der Waals surface area contributed by atoms with E-state index in [9.17, 15) is 14.0 Å². The van der Waals surface area contributed by atoms with E-state index in [-0.39, 0.29) is 28.9 Å². The fourth-order valence-corrected chi connectivity index (χ4v) is 4.14. The van der Waals surface area contributed by atoms with E-state index in [0.29, 0.717) is 48.3 Å². The molecule has 2 aromatic carbocycles. The molecule has 4 rings (SSSR count). The molecule has 1 aliphatic rings. The van der Waals surface area contributed by atoms with Crippen LogP contribution in [0.1, 0.15) is 29.1 Å². The first kappa shape index (κ1) is 25.1. The lowest BCUT2D eigenvalue weighted by atomic mass is 9.96. The largest absolute Gasteiger partial charge is 0.493 e. The smallest absolute Gasteiger partial charge is 0.340 e. The minimum atomic E-state index is -0.607. The first-order chi connectivity index (χ1) is 17.4. The number of likely N-dealkylation sites (tertiary alicyclic amines) is 1. The number of anilines is 1. The second-order valence-corrected chi connectivity index (χ2v) is 8.33. The van der Waals surface area contributed by atoms with Crippen molar-refractivity contribution in [2.24, 2.45) is 5.92 Å². The Bertz CT molecular complexity index is 1230. The van der Waals surface area contributed by atoms with Crippen molar-refractivity contribution < 1.29 is 32.7 Å². The molecule has 11 heteroatoms. The summed E-state index contributed by atoms with van der Waals surface area (Å²) in [6, 6.07) is 8.86. The molecule has 1 aromatic heterocycles. The maximum Gasteiger partial charge on any atom is 0.340 e. The molecule has 190 valence electrons. The van der Waals surface area contributed by atoms with Crippen LogP contribution in [0.3, 0.4) is 0 Å². The number of methoxy groups -OCH3 is 3. The number of esters is 1. The van der Waals surface area contributed by atoms with Gasteiger partial charge in [-0.15, -0.1) is 0 Å². The molecule has 1 fully saturated rings. The first-order valence-electron chi connectivity index (χ1n) is 11.4. The standard InChI is InChI=1S/C25H27FN4O6/c1-33-20-11-18(25(32)35-3)19(12-21(20)34-2)27-24(31)16-5-4-10-30(13-16)14-22-28-23(29-36-22)15-6-8-17(26)9-7-15/h6-9,11-12,16H,4-5,10,13-14H2,1-3H3,(H,27,31). The molecule has 1 amide bonds. The van der Waals surface area contributed by atoms with Gasteiger partial charge in [-0.2, -0.15) is 4.98 Å². The molecule has 1 aliphatic heterocycles. The maximum atomic E-state index is 13.2. The molecule has 3 aromatic rings. The predicted octanol–water partition coefficient (Wildman–Crippen LogP) is 3.53. The fourth-order valence-electron chi connectivity index (χ4n) is 4.14. The number of rotatable bonds is 8. The van der Waals surface area contributed by atoms with Crippen LogP contribution in [0.2, 0.25) is 0 Å². The van der Waals surface area contributed by atoms with Gasteiger partial charge in [0.05, 0.1) is 45.0 Å². The molecule has 2 heterocycles. The van der Waals surface area contributed by atoms with Gasteiger partial charge in [-0.25, -0.2) is 9.18 Å². The van der Waals surface area contributed by atoms with E-state index in [1.807, 2.05) is 0 Å². The lowest BCUT2D eigenvalue weighted by Crippen LogP contribution is -2.40. The molecule has 0 radical (unpaired) electrons. The minimum absolute atomic E-state index is 0.162. The number of amides is 1. The van der Waals surface area contributed by atoms with Crippen LogP contribution in [0.5, 0.6) is 11.5 Å². The Morgan fingerprint density at radius 2 is 1.86 bits per heavy atom. The van der Waals surface area contributed by atoms with E-state index >= 15 is 0 Å². The summed E-state index contributed by atoms with van der Waals surface area (Å²) in [5.74, 6) is 0.00457. The van der Waals surface area contributed by atoms with Crippen LogP contribution in [-0.4, -0.2) is 61.3 Å². The second kappa shape index (κ2) is 11.2. The molecule has 0 aliphatic carbocycles. The molecule has 1 N–H and O–H groups in total. The molecule has 1 saturated heterocycles. The Morgan fingerprint density at radius 1 is 1.14 bits per heavy atom. The number of nitrogens with one attached hydrogen (secondary N) is 1. The summed E-state index contributed by atoms with van der Waals surface area (Å²) in [4.78, 5) is 31.9. The van der Waals surface area contributed by atoms with Crippen molar-refractivity contribution in [1.82, 2.24) is 15.0 Å². The van der Waals surface area contributed by atoms with Gasteiger partial charge in [0.15, 0.2) is 11.5 Å². The molecule has 1 unspecified atom stereocenters. The monoisotopic (exact) mass is 498 g/mol. The van der Waals surface area contributed by atoms with E-state index in [0.717, 1.165) is 13.0 Å². The highest BCUT2D eigenvalue weighted by Crippen LogP contribution is 2.34. The topological polar surface area (TPSA) is 116 Å². The summed E-state index contributed by atoms with van der Waals surface area (Å²) < 4.78 is 34.0. The number of hydrogen-bond acceptors (Lipinski definition) is 9. The van der Waals surface area contributed by atoms with Crippen LogP contribution in [0.15, 0.2) is 40.9 Å². The van der Waals surface area contributed by atoms with Crippen LogP contribution in [0.25, 0.3) is 11.4 Å². The van der Waals surface area contributed by atoms with Crippen LogP contribution in [0, 0.1) is 11.7 Å². The van der Waals surface area contributed by atoms with E-state index in [4.69, 9.17) is 18.7 Å². The van der Waals surface area contributed by atoms with Crippen LogP contribution < -0.4 is 14.8 Å². The number of nitrogens with zero attached hydrogens (tertiary/aromatic N) is 3. The zero-order valence-corrected chi connectivity index (χ0v) is 20.2. The number of carbonyl (C=O) groups is 2. The van der Waals surface area contributed by atoms with Crippen molar-refractivity contribution in [2.45, 2.75) is 19.4 Å². The minimum Gasteiger partial charge on any atom is -0.493 e. The first-order valence-corrected chi connectivity index (χ1v) is 11.4. The van der Waals surface area contributed by atoms with Gasteiger partial charge in [-0.3, -0.25) is 9.69 Å². The number of benzene rings is 2. The van der Waals surface area contributed by atoms with Crippen molar-refractivity contribution >= 4 is 17.6 Å². The zero-order valence-electron chi connectivity index (χ0n) is 20.2. The Balaban J connectivity index is 1.44. The summed E-state index contributed by atoms with van der Waals surface area (Å²) >= 11 is 0. The van der Waals surface area contributed by atoms with E-state index < -0.39 is 5.97 Å². The summed E-state index contributed by atoms with van der Waals surface area (Å²) in [6.07, 6.45) is 1.49. The van der Waals surface area contributed by atoms with E-state index in [2.05, 4.69) is 20.4 Å². The quantitative estimate of drug-likeness (QED) is 0.466. The van der Waals surface area contributed by atoms with Crippen molar-refractivity contribution in [2.75, 3.05) is 39.7 Å². The van der Waals surface area contributed by atoms with Gasteiger partial charge in [-0.1, -0.05) is 5.16 Å². The third kappa shape index (κ3) is 5.62. The second-order valence-electron chi connectivity index (χ2n) is 8.33. The molecule has 0 spiro atoms. The van der Waals surface area contributed by atoms with Crippen molar-refractivity contribution in [1.29, 1.82) is 0 Å². The molecular formula is C25H27FN4O6. The summed E-state index contributed by atoms with van der Waals surface area (Å²) in [5.41, 5.74) is 1.09. The van der Waals surface area contributed by atoms with Gasteiger partial charge in [0.1, 0.15) is 5.82 Å². The van der Waals surface area contributed by atoms with Gasteiger partial charge in [0.2, 0.25) is 17.6 Å². The number of ether oxygens (including phenoxy) is 3. The summed E-state index contributed by atoms with van der Waals surface area (Å²) in [5, 5.41) is 6.83. The van der Waals surface area contributed by atoms with Crippen LogP contribution in [-0.2, 0) is 16.1 Å². The molecule has 36 heavy (non-hydrogen) atoms. The number of halogens is 1. The van der Waals surface area contributed by atoms with E-state index in [1.165, 1.54) is 39.5 Å².